The number of hydrogen-bond donors (Lipinski definition) is 2. The van der Waals surface area contributed by atoms with Gasteiger partial charge in [-0.25, -0.2) is 4.99 Å². The minimum atomic E-state index is 0.551. The van der Waals surface area contributed by atoms with E-state index in [1.807, 2.05) is 26.0 Å². The summed E-state index contributed by atoms with van der Waals surface area (Å²) in [5.74, 6) is 0.551. The number of rotatable bonds is 5. The number of anilines is 1. The number of hydrogen-bond acceptors (Lipinski definition) is 3. The lowest BCUT2D eigenvalue weighted by atomic mass is 10.1. The van der Waals surface area contributed by atoms with Crippen LogP contribution in [0, 0.1) is 6.92 Å². The van der Waals surface area contributed by atoms with E-state index in [2.05, 4.69) is 47.6 Å². The summed E-state index contributed by atoms with van der Waals surface area (Å²) < 4.78 is 0. The lowest BCUT2D eigenvalue weighted by molar-refractivity contribution is 1.04. The molecule has 0 spiro atoms. The first kappa shape index (κ1) is 20.0. The van der Waals surface area contributed by atoms with Crippen LogP contribution in [0.25, 0.3) is 0 Å². The Bertz CT molecular complexity index is 687. The van der Waals surface area contributed by atoms with E-state index in [1.54, 1.807) is 12.4 Å². The highest BCUT2D eigenvalue weighted by atomic mass is 35.5. The Kier molecular flexibility index (Phi) is 8.27. The first-order chi connectivity index (χ1) is 11.4. The van der Waals surface area contributed by atoms with Crippen LogP contribution in [-0.2, 0) is 6.42 Å². The molecule has 0 radical (unpaired) electrons. The lowest BCUT2D eigenvalue weighted by Crippen LogP contribution is -2.02. The van der Waals surface area contributed by atoms with Crippen molar-refractivity contribution in [3.05, 3.63) is 58.9 Å². The summed E-state index contributed by atoms with van der Waals surface area (Å²) in [5.41, 5.74) is 4.68. The molecule has 5 heteroatoms. The van der Waals surface area contributed by atoms with Gasteiger partial charge in [0.15, 0.2) is 0 Å². The number of aliphatic imine (C=N–C) groups is 1. The van der Waals surface area contributed by atoms with E-state index < -0.39 is 0 Å². The highest BCUT2D eigenvalue weighted by Gasteiger charge is 2.14. The summed E-state index contributed by atoms with van der Waals surface area (Å²) in [6.45, 7) is 14.2. The smallest absolute Gasteiger partial charge is 0.123 e. The molecular weight excluding hydrogens is 320 g/mol. The fourth-order valence-electron chi connectivity index (χ4n) is 2.22. The predicted molar refractivity (Wildman–Crippen MR) is 105 cm³/mol. The minimum absolute atomic E-state index is 0.551. The van der Waals surface area contributed by atoms with Crippen molar-refractivity contribution in [2.75, 3.05) is 5.32 Å². The van der Waals surface area contributed by atoms with Crippen LogP contribution in [-0.4, -0.2) is 15.7 Å². The molecule has 0 saturated heterocycles. The molecule has 0 saturated carbocycles. The predicted octanol–water partition coefficient (Wildman–Crippen LogP) is 5.74. The van der Waals surface area contributed by atoms with Gasteiger partial charge in [-0.2, -0.15) is 0 Å². The molecule has 0 bridgehead atoms. The summed E-state index contributed by atoms with van der Waals surface area (Å²) in [7, 11) is 0. The fourth-order valence-corrected chi connectivity index (χ4v) is 2.68. The van der Waals surface area contributed by atoms with Crippen molar-refractivity contribution in [3.8, 4) is 0 Å². The Morgan fingerprint density at radius 2 is 2.04 bits per heavy atom. The van der Waals surface area contributed by atoms with Gasteiger partial charge in [-0.15, -0.1) is 0 Å². The van der Waals surface area contributed by atoms with Crippen LogP contribution in [0.2, 0.25) is 5.02 Å². The third-order valence-electron chi connectivity index (χ3n) is 3.17. The van der Waals surface area contributed by atoms with E-state index in [4.69, 9.17) is 11.6 Å². The number of H-pyrrole nitrogens is 1. The maximum absolute atomic E-state index is 6.40. The number of pyridine rings is 1. The van der Waals surface area contributed by atoms with Crippen LogP contribution in [0.4, 0.5) is 5.69 Å². The zero-order valence-electron chi connectivity index (χ0n) is 15.2. The minimum Gasteiger partial charge on any atom is -0.361 e. The van der Waals surface area contributed by atoms with E-state index in [0.717, 1.165) is 39.8 Å². The van der Waals surface area contributed by atoms with Gasteiger partial charge < -0.3 is 10.3 Å². The molecule has 2 N–H and O–H groups in total. The average Bonchev–Trinajstić information content (AvgIpc) is 2.83. The topological polar surface area (TPSA) is 53.1 Å². The standard InChI is InChI=1S/C16H19ClN4.C3H8/c1-5-14-16(17)15(11(3)20-14)10(2)19-12(4)21-13-7-6-8-18-9-13;1-3-2/h6-9,20-21H,4-5H2,1-3H3;3H2,1-2H3/b19-10-;. The van der Waals surface area contributed by atoms with E-state index in [-0.39, 0.29) is 0 Å². The number of nitrogens with zero attached hydrogens (tertiary/aromatic N) is 2. The normalized spacial score (nSPS) is 10.8. The van der Waals surface area contributed by atoms with Crippen molar-refractivity contribution in [2.45, 2.75) is 47.5 Å². The zero-order valence-corrected chi connectivity index (χ0v) is 16.0. The van der Waals surface area contributed by atoms with Gasteiger partial charge in [0.2, 0.25) is 0 Å². The van der Waals surface area contributed by atoms with Crippen LogP contribution in [0.5, 0.6) is 0 Å². The first-order valence-corrected chi connectivity index (χ1v) is 8.60. The third-order valence-corrected chi connectivity index (χ3v) is 3.58. The Balaban J connectivity index is 0.000000891. The number of nitrogens with one attached hydrogen (secondary N) is 2. The van der Waals surface area contributed by atoms with Gasteiger partial charge in [0.25, 0.3) is 0 Å². The molecule has 0 unspecified atom stereocenters. The molecule has 0 aliphatic rings. The average molecular weight is 347 g/mol. The highest BCUT2D eigenvalue weighted by Crippen LogP contribution is 2.26. The second kappa shape index (κ2) is 9.93. The molecule has 2 aromatic heterocycles. The Morgan fingerprint density at radius 1 is 1.38 bits per heavy atom. The maximum atomic E-state index is 6.40. The molecular formula is C19H27ClN4. The highest BCUT2D eigenvalue weighted by molar-refractivity contribution is 6.35. The van der Waals surface area contributed by atoms with Gasteiger partial charge in [0.05, 0.1) is 22.6 Å². The van der Waals surface area contributed by atoms with Gasteiger partial charge in [-0.1, -0.05) is 45.4 Å². The number of halogens is 1. The molecule has 2 rings (SSSR count). The molecule has 0 aliphatic carbocycles. The SMILES string of the molecule is C=C(/N=C(/C)c1c(C)[nH]c(CC)c1Cl)Nc1cccnc1.CCC. The molecule has 2 heterocycles. The van der Waals surface area contributed by atoms with Crippen LogP contribution in [0.1, 0.15) is 51.1 Å². The molecule has 0 aromatic carbocycles. The Morgan fingerprint density at radius 3 is 2.54 bits per heavy atom. The second-order valence-corrected chi connectivity index (χ2v) is 5.87. The van der Waals surface area contributed by atoms with E-state index >= 15 is 0 Å². The fraction of sp³-hybridized carbons (Fsp3) is 0.368. The molecule has 24 heavy (non-hydrogen) atoms. The second-order valence-electron chi connectivity index (χ2n) is 5.49. The van der Waals surface area contributed by atoms with Crippen molar-refractivity contribution in [2.24, 2.45) is 4.99 Å². The van der Waals surface area contributed by atoms with Gasteiger partial charge in [0, 0.05) is 23.1 Å². The molecule has 0 fully saturated rings. The molecule has 0 atom stereocenters. The monoisotopic (exact) mass is 346 g/mol. The molecule has 2 aromatic rings. The van der Waals surface area contributed by atoms with Crippen LogP contribution in [0.3, 0.4) is 0 Å². The summed E-state index contributed by atoms with van der Waals surface area (Å²) in [6, 6.07) is 3.76. The molecule has 0 aliphatic heterocycles. The van der Waals surface area contributed by atoms with Gasteiger partial charge in [-0.05, 0) is 32.4 Å². The van der Waals surface area contributed by atoms with Gasteiger partial charge in [-0.3, -0.25) is 4.98 Å². The van der Waals surface area contributed by atoms with Crippen molar-refractivity contribution in [1.82, 2.24) is 9.97 Å². The van der Waals surface area contributed by atoms with Crippen LogP contribution >= 0.6 is 11.6 Å². The molecule has 0 amide bonds. The molecule has 130 valence electrons. The quantitative estimate of drug-likeness (QED) is 0.678. The van der Waals surface area contributed by atoms with Crippen LogP contribution in [0.15, 0.2) is 41.9 Å². The number of aromatic amines is 1. The Hall–Kier alpha value is -2.07. The molecule has 4 nitrogen and oxygen atoms in total. The first-order valence-electron chi connectivity index (χ1n) is 8.23. The Labute approximate surface area is 150 Å². The van der Waals surface area contributed by atoms with Crippen molar-refractivity contribution in [3.63, 3.8) is 0 Å². The number of aryl methyl sites for hydroxylation is 2. The van der Waals surface area contributed by atoms with Crippen molar-refractivity contribution >= 4 is 23.0 Å². The summed E-state index contributed by atoms with van der Waals surface area (Å²) >= 11 is 6.40. The third kappa shape index (κ3) is 5.53. The van der Waals surface area contributed by atoms with E-state index in [0.29, 0.717) is 5.82 Å². The summed E-state index contributed by atoms with van der Waals surface area (Å²) in [5, 5.41) is 3.85. The van der Waals surface area contributed by atoms with E-state index in [1.165, 1.54) is 6.42 Å². The van der Waals surface area contributed by atoms with Gasteiger partial charge >= 0.3 is 0 Å². The van der Waals surface area contributed by atoms with Crippen molar-refractivity contribution < 1.29 is 0 Å². The maximum Gasteiger partial charge on any atom is 0.123 e. The van der Waals surface area contributed by atoms with Crippen molar-refractivity contribution in [1.29, 1.82) is 0 Å². The van der Waals surface area contributed by atoms with Gasteiger partial charge in [0.1, 0.15) is 5.82 Å². The van der Waals surface area contributed by atoms with Crippen LogP contribution < -0.4 is 5.32 Å². The summed E-state index contributed by atoms with van der Waals surface area (Å²) in [4.78, 5) is 11.8. The zero-order chi connectivity index (χ0) is 18.1. The lowest BCUT2D eigenvalue weighted by Gasteiger charge is -2.07. The summed E-state index contributed by atoms with van der Waals surface area (Å²) in [6.07, 6.45) is 5.55. The largest absolute Gasteiger partial charge is 0.361 e. The van der Waals surface area contributed by atoms with E-state index in [9.17, 15) is 0 Å². The number of aromatic nitrogens is 2.